The summed E-state index contributed by atoms with van der Waals surface area (Å²) in [6, 6.07) is 0.354. The number of thiophene rings is 1. The van der Waals surface area contributed by atoms with Gasteiger partial charge >= 0.3 is 5.97 Å². The Morgan fingerprint density at radius 1 is 1.33 bits per heavy atom. The first-order chi connectivity index (χ1) is 13.1. The van der Waals surface area contributed by atoms with E-state index in [1.807, 2.05) is 0 Å². The monoisotopic (exact) mass is 407 g/mol. The van der Waals surface area contributed by atoms with E-state index in [1.165, 1.54) is 48.6 Å². The average Bonchev–Trinajstić information content (AvgIpc) is 3.05. The Bertz CT molecular complexity index is 915. The highest BCUT2D eigenvalue weighted by molar-refractivity contribution is 7.99. The van der Waals surface area contributed by atoms with Crippen molar-refractivity contribution in [3.63, 3.8) is 0 Å². The lowest BCUT2D eigenvalue weighted by atomic mass is 9.95. The molecule has 1 aliphatic carbocycles. The standard InChI is InChI=1S/C19H25N3O3S2/c1-21-9-8-13-14(10-21)27-18-16(13)17(24)20-19(26-11-15(23)25-2)22(18)12-6-4-3-5-7-12/h12H,3-11H2,1-2H3. The Kier molecular flexibility index (Phi) is 5.57. The molecule has 0 atom stereocenters. The van der Waals surface area contributed by atoms with E-state index in [9.17, 15) is 9.59 Å². The van der Waals surface area contributed by atoms with Crippen LogP contribution in [0.2, 0.25) is 0 Å². The second-order valence-electron chi connectivity index (χ2n) is 7.40. The zero-order valence-corrected chi connectivity index (χ0v) is 17.5. The third-order valence-corrected chi connectivity index (χ3v) is 7.69. The lowest BCUT2D eigenvalue weighted by molar-refractivity contribution is -0.137. The maximum absolute atomic E-state index is 12.9. The van der Waals surface area contributed by atoms with Crippen LogP contribution in [0.4, 0.5) is 0 Å². The zero-order chi connectivity index (χ0) is 19.0. The van der Waals surface area contributed by atoms with E-state index < -0.39 is 0 Å². The van der Waals surface area contributed by atoms with Crippen molar-refractivity contribution in [1.82, 2.24) is 14.5 Å². The largest absolute Gasteiger partial charge is 0.468 e. The summed E-state index contributed by atoms with van der Waals surface area (Å²) in [4.78, 5) is 33.6. The van der Waals surface area contributed by atoms with Gasteiger partial charge in [0.1, 0.15) is 4.83 Å². The van der Waals surface area contributed by atoms with Crippen molar-refractivity contribution >= 4 is 39.3 Å². The highest BCUT2D eigenvalue weighted by atomic mass is 32.2. The summed E-state index contributed by atoms with van der Waals surface area (Å²) in [5.74, 6) is -0.119. The number of ether oxygens (including phenoxy) is 1. The Balaban J connectivity index is 1.85. The number of nitrogens with zero attached hydrogens (tertiary/aromatic N) is 3. The van der Waals surface area contributed by atoms with Crippen molar-refractivity contribution in [2.75, 3.05) is 26.5 Å². The van der Waals surface area contributed by atoms with Crippen LogP contribution in [0.3, 0.4) is 0 Å². The molecule has 1 saturated carbocycles. The van der Waals surface area contributed by atoms with Crippen LogP contribution in [0.15, 0.2) is 9.95 Å². The van der Waals surface area contributed by atoms with Crippen LogP contribution in [0.25, 0.3) is 10.2 Å². The van der Waals surface area contributed by atoms with Crippen molar-refractivity contribution in [3.8, 4) is 0 Å². The fourth-order valence-corrected chi connectivity index (χ4v) is 6.58. The van der Waals surface area contributed by atoms with E-state index >= 15 is 0 Å². The molecule has 146 valence electrons. The summed E-state index contributed by atoms with van der Waals surface area (Å²) < 4.78 is 7.05. The van der Waals surface area contributed by atoms with Gasteiger partial charge in [0.05, 0.1) is 18.2 Å². The zero-order valence-electron chi connectivity index (χ0n) is 15.8. The molecule has 0 spiro atoms. The quantitative estimate of drug-likeness (QED) is 0.441. The number of rotatable bonds is 4. The molecule has 0 amide bonds. The molecule has 0 radical (unpaired) electrons. The number of thioether (sulfide) groups is 1. The third kappa shape index (κ3) is 3.67. The third-order valence-electron chi connectivity index (χ3n) is 5.55. The van der Waals surface area contributed by atoms with Crippen LogP contribution in [-0.2, 0) is 22.5 Å². The number of aromatic nitrogens is 2. The van der Waals surface area contributed by atoms with Crippen LogP contribution in [-0.4, -0.2) is 46.9 Å². The number of likely N-dealkylation sites (N-methyl/N-ethyl adjacent to an activating group) is 1. The summed E-state index contributed by atoms with van der Waals surface area (Å²) in [5, 5.41) is 1.48. The van der Waals surface area contributed by atoms with Gasteiger partial charge in [0.15, 0.2) is 5.16 Å². The normalized spacial score (nSPS) is 18.6. The molecule has 0 aromatic carbocycles. The first-order valence-corrected chi connectivity index (χ1v) is 11.3. The molecule has 27 heavy (non-hydrogen) atoms. The van der Waals surface area contributed by atoms with Crippen molar-refractivity contribution in [1.29, 1.82) is 0 Å². The lowest BCUT2D eigenvalue weighted by Gasteiger charge is -2.27. The van der Waals surface area contributed by atoms with Gasteiger partial charge in [0.25, 0.3) is 5.56 Å². The van der Waals surface area contributed by atoms with Gasteiger partial charge in [-0.1, -0.05) is 31.0 Å². The van der Waals surface area contributed by atoms with E-state index in [0.717, 1.165) is 42.6 Å². The smallest absolute Gasteiger partial charge is 0.316 e. The summed E-state index contributed by atoms with van der Waals surface area (Å²) >= 11 is 3.07. The molecule has 2 aliphatic rings. The molecule has 0 N–H and O–H groups in total. The summed E-state index contributed by atoms with van der Waals surface area (Å²) in [6.07, 6.45) is 6.79. The molecule has 2 aromatic heterocycles. The molecular formula is C19H25N3O3S2. The minimum Gasteiger partial charge on any atom is -0.468 e. The van der Waals surface area contributed by atoms with Gasteiger partial charge in [0.2, 0.25) is 0 Å². The Hall–Kier alpha value is -1.38. The lowest BCUT2D eigenvalue weighted by Crippen LogP contribution is -2.26. The molecule has 0 unspecified atom stereocenters. The fourth-order valence-electron chi connectivity index (χ4n) is 4.14. The van der Waals surface area contributed by atoms with E-state index in [1.54, 1.807) is 11.3 Å². The van der Waals surface area contributed by atoms with Gasteiger partial charge in [-0.15, -0.1) is 11.3 Å². The van der Waals surface area contributed by atoms with Crippen LogP contribution in [0, 0.1) is 0 Å². The van der Waals surface area contributed by atoms with E-state index in [-0.39, 0.29) is 17.3 Å². The van der Waals surface area contributed by atoms with Crippen LogP contribution in [0.1, 0.15) is 48.6 Å². The second kappa shape index (κ2) is 7.93. The van der Waals surface area contributed by atoms with Crippen molar-refractivity contribution in [3.05, 3.63) is 20.8 Å². The number of carbonyl (C=O) groups is 1. The molecule has 2 aromatic rings. The Morgan fingerprint density at radius 3 is 2.85 bits per heavy atom. The van der Waals surface area contributed by atoms with Gasteiger partial charge in [-0.25, -0.2) is 0 Å². The summed E-state index contributed by atoms with van der Waals surface area (Å²) in [5.41, 5.74) is 1.05. The van der Waals surface area contributed by atoms with E-state index in [4.69, 9.17) is 4.74 Å². The van der Waals surface area contributed by atoms with Gasteiger partial charge < -0.3 is 14.2 Å². The molecule has 4 rings (SSSR count). The average molecular weight is 408 g/mol. The molecule has 0 saturated heterocycles. The molecule has 1 fully saturated rings. The second-order valence-corrected chi connectivity index (χ2v) is 9.42. The highest BCUT2D eigenvalue weighted by Gasteiger charge is 2.27. The molecular weight excluding hydrogens is 382 g/mol. The number of hydrogen-bond donors (Lipinski definition) is 0. The molecule has 8 heteroatoms. The van der Waals surface area contributed by atoms with Crippen molar-refractivity contribution < 1.29 is 9.53 Å². The van der Waals surface area contributed by atoms with E-state index in [0.29, 0.717) is 11.2 Å². The predicted octanol–water partition coefficient (Wildman–Crippen LogP) is 3.22. The first-order valence-electron chi connectivity index (χ1n) is 9.53. The number of hydrogen-bond acceptors (Lipinski definition) is 7. The molecule has 3 heterocycles. The number of carbonyl (C=O) groups excluding carboxylic acids is 1. The number of fused-ring (bicyclic) bond motifs is 3. The first kappa shape index (κ1) is 19.0. The van der Waals surface area contributed by atoms with Gasteiger partial charge in [-0.3, -0.25) is 9.59 Å². The summed E-state index contributed by atoms with van der Waals surface area (Å²) in [6.45, 7) is 1.87. The Labute approximate surface area is 166 Å². The number of esters is 1. The number of methoxy groups -OCH3 is 1. The minimum absolute atomic E-state index is 0.147. The SMILES string of the molecule is COC(=O)CSc1nc(=O)c2c3c(sc2n1C1CCCCC1)CN(C)CC3. The minimum atomic E-state index is -0.295. The highest BCUT2D eigenvalue weighted by Crippen LogP contribution is 2.39. The fraction of sp³-hybridized carbons (Fsp3) is 0.632. The molecule has 1 aliphatic heterocycles. The maximum Gasteiger partial charge on any atom is 0.316 e. The topological polar surface area (TPSA) is 64.4 Å². The maximum atomic E-state index is 12.9. The van der Waals surface area contributed by atoms with Gasteiger partial charge in [-0.05, 0) is 31.9 Å². The summed E-state index contributed by atoms with van der Waals surface area (Å²) in [7, 11) is 3.51. The predicted molar refractivity (Wildman–Crippen MR) is 109 cm³/mol. The molecule has 6 nitrogen and oxygen atoms in total. The Morgan fingerprint density at radius 2 is 2.11 bits per heavy atom. The molecule has 0 bridgehead atoms. The van der Waals surface area contributed by atoms with Crippen molar-refractivity contribution in [2.24, 2.45) is 0 Å². The van der Waals surface area contributed by atoms with Crippen LogP contribution >= 0.6 is 23.1 Å². The van der Waals surface area contributed by atoms with Crippen LogP contribution < -0.4 is 5.56 Å². The van der Waals surface area contributed by atoms with Gasteiger partial charge in [-0.2, -0.15) is 4.98 Å². The van der Waals surface area contributed by atoms with Crippen molar-refractivity contribution in [2.45, 2.75) is 56.3 Å². The van der Waals surface area contributed by atoms with E-state index in [2.05, 4.69) is 21.5 Å². The van der Waals surface area contributed by atoms with Gasteiger partial charge in [0, 0.05) is 24.0 Å². The van der Waals surface area contributed by atoms with Crippen LogP contribution in [0.5, 0.6) is 0 Å².